The van der Waals surface area contributed by atoms with Gasteiger partial charge in [0.15, 0.2) is 0 Å². The summed E-state index contributed by atoms with van der Waals surface area (Å²) >= 11 is 0. The Morgan fingerprint density at radius 2 is 1.88 bits per heavy atom. The highest BCUT2D eigenvalue weighted by molar-refractivity contribution is 6.05. The van der Waals surface area contributed by atoms with Crippen LogP contribution >= 0.6 is 0 Å². The second-order valence-electron chi connectivity index (χ2n) is 6.76. The number of carbonyl (C=O) groups is 2. The van der Waals surface area contributed by atoms with E-state index in [1.165, 1.54) is 0 Å². The number of rotatable bonds is 3. The van der Waals surface area contributed by atoms with Gasteiger partial charge in [-0.3, -0.25) is 9.59 Å². The zero-order chi connectivity index (χ0) is 18.7. The SMILES string of the molecule is Cc1ccc(C(=O)Nc2cccc(C(=O)N3CCOCC3C)c2)cc1C. The van der Waals surface area contributed by atoms with Crippen molar-refractivity contribution in [3.8, 4) is 0 Å². The van der Waals surface area contributed by atoms with Gasteiger partial charge in [-0.15, -0.1) is 0 Å². The van der Waals surface area contributed by atoms with Gasteiger partial charge in [0.1, 0.15) is 0 Å². The predicted molar refractivity (Wildman–Crippen MR) is 102 cm³/mol. The summed E-state index contributed by atoms with van der Waals surface area (Å²) in [5.74, 6) is -0.222. The van der Waals surface area contributed by atoms with Crippen molar-refractivity contribution in [2.75, 3.05) is 25.1 Å². The molecule has 5 heteroatoms. The molecule has 0 saturated carbocycles. The van der Waals surface area contributed by atoms with Crippen LogP contribution in [0.3, 0.4) is 0 Å². The number of anilines is 1. The maximum atomic E-state index is 12.8. The number of hydrogen-bond donors (Lipinski definition) is 1. The Kier molecular flexibility index (Phi) is 5.38. The number of ether oxygens (including phenoxy) is 1. The van der Waals surface area contributed by atoms with Gasteiger partial charge in [-0.1, -0.05) is 12.1 Å². The van der Waals surface area contributed by atoms with Crippen LogP contribution in [0.25, 0.3) is 0 Å². The van der Waals surface area contributed by atoms with Crippen LogP contribution in [0.2, 0.25) is 0 Å². The highest BCUT2D eigenvalue weighted by Crippen LogP contribution is 2.17. The Bertz CT molecular complexity index is 832. The van der Waals surface area contributed by atoms with Crippen molar-refractivity contribution in [2.24, 2.45) is 0 Å². The summed E-state index contributed by atoms with van der Waals surface area (Å²) < 4.78 is 5.39. The Balaban J connectivity index is 1.75. The maximum Gasteiger partial charge on any atom is 0.255 e. The summed E-state index contributed by atoms with van der Waals surface area (Å²) in [6.45, 7) is 7.66. The van der Waals surface area contributed by atoms with Crippen LogP contribution in [0.15, 0.2) is 42.5 Å². The predicted octanol–water partition coefficient (Wildman–Crippen LogP) is 3.42. The lowest BCUT2D eigenvalue weighted by atomic mass is 10.1. The largest absolute Gasteiger partial charge is 0.377 e. The van der Waals surface area contributed by atoms with Gasteiger partial charge in [-0.25, -0.2) is 0 Å². The molecule has 2 aromatic rings. The van der Waals surface area contributed by atoms with E-state index in [2.05, 4.69) is 5.32 Å². The first-order chi connectivity index (χ1) is 12.5. The molecule has 0 aromatic heterocycles. The van der Waals surface area contributed by atoms with Gasteiger partial charge in [0.25, 0.3) is 11.8 Å². The molecule has 1 fully saturated rings. The van der Waals surface area contributed by atoms with E-state index in [1.54, 1.807) is 24.3 Å². The van der Waals surface area contributed by atoms with Crippen molar-refractivity contribution < 1.29 is 14.3 Å². The minimum absolute atomic E-state index is 0.0388. The molecule has 0 aliphatic carbocycles. The lowest BCUT2D eigenvalue weighted by molar-refractivity contribution is 0.00359. The molecule has 1 heterocycles. The van der Waals surface area contributed by atoms with E-state index >= 15 is 0 Å². The first kappa shape index (κ1) is 18.1. The van der Waals surface area contributed by atoms with E-state index in [9.17, 15) is 9.59 Å². The zero-order valence-electron chi connectivity index (χ0n) is 15.4. The van der Waals surface area contributed by atoms with E-state index in [4.69, 9.17) is 4.74 Å². The fourth-order valence-electron chi connectivity index (χ4n) is 3.01. The molecule has 1 aliphatic heterocycles. The second-order valence-corrected chi connectivity index (χ2v) is 6.76. The van der Waals surface area contributed by atoms with Crippen molar-refractivity contribution in [2.45, 2.75) is 26.8 Å². The summed E-state index contributed by atoms with van der Waals surface area (Å²) in [6, 6.07) is 12.7. The minimum atomic E-state index is -0.183. The Morgan fingerprint density at radius 1 is 1.08 bits per heavy atom. The van der Waals surface area contributed by atoms with E-state index in [1.807, 2.05) is 43.9 Å². The van der Waals surface area contributed by atoms with Crippen molar-refractivity contribution in [1.29, 1.82) is 0 Å². The van der Waals surface area contributed by atoms with E-state index < -0.39 is 0 Å². The molecule has 136 valence electrons. The van der Waals surface area contributed by atoms with E-state index in [0.29, 0.717) is 36.6 Å². The Labute approximate surface area is 154 Å². The lowest BCUT2D eigenvalue weighted by Crippen LogP contribution is -2.47. The van der Waals surface area contributed by atoms with Crippen molar-refractivity contribution in [3.63, 3.8) is 0 Å². The normalized spacial score (nSPS) is 17.0. The van der Waals surface area contributed by atoms with Gasteiger partial charge in [-0.05, 0) is 62.2 Å². The molecular weight excluding hydrogens is 328 g/mol. The molecule has 1 atom stereocenters. The fraction of sp³-hybridized carbons (Fsp3) is 0.333. The van der Waals surface area contributed by atoms with Crippen molar-refractivity contribution in [3.05, 3.63) is 64.7 Å². The standard InChI is InChI=1S/C21H24N2O3/c1-14-7-8-17(11-15(14)2)20(24)22-19-6-4-5-18(12-19)21(25)23-9-10-26-13-16(23)3/h4-8,11-12,16H,9-10,13H2,1-3H3,(H,22,24). The zero-order valence-corrected chi connectivity index (χ0v) is 15.4. The van der Waals surface area contributed by atoms with Crippen molar-refractivity contribution in [1.82, 2.24) is 4.90 Å². The molecule has 26 heavy (non-hydrogen) atoms. The molecule has 1 aliphatic rings. The minimum Gasteiger partial charge on any atom is -0.377 e. The third kappa shape index (κ3) is 3.94. The van der Waals surface area contributed by atoms with Crippen LogP contribution < -0.4 is 5.32 Å². The van der Waals surface area contributed by atoms with Gasteiger partial charge >= 0.3 is 0 Å². The highest BCUT2D eigenvalue weighted by atomic mass is 16.5. The van der Waals surface area contributed by atoms with Gasteiger partial charge < -0.3 is 15.0 Å². The number of aryl methyl sites for hydroxylation is 2. The van der Waals surface area contributed by atoms with Crippen molar-refractivity contribution >= 4 is 17.5 Å². The second kappa shape index (κ2) is 7.70. The van der Waals surface area contributed by atoms with Gasteiger partial charge in [0.05, 0.1) is 19.3 Å². The first-order valence-electron chi connectivity index (χ1n) is 8.83. The molecule has 0 spiro atoms. The molecular formula is C21H24N2O3. The topological polar surface area (TPSA) is 58.6 Å². The molecule has 2 aromatic carbocycles. The number of carbonyl (C=O) groups excluding carboxylic acids is 2. The molecule has 0 bridgehead atoms. The van der Waals surface area contributed by atoms with Crippen LogP contribution in [0.4, 0.5) is 5.69 Å². The smallest absolute Gasteiger partial charge is 0.255 e. The lowest BCUT2D eigenvalue weighted by Gasteiger charge is -2.33. The van der Waals surface area contributed by atoms with Gasteiger partial charge in [0.2, 0.25) is 0 Å². The van der Waals surface area contributed by atoms with Crippen LogP contribution in [0.5, 0.6) is 0 Å². The van der Waals surface area contributed by atoms with Crippen LogP contribution in [0.1, 0.15) is 38.8 Å². The third-order valence-corrected chi connectivity index (χ3v) is 4.76. The summed E-state index contributed by atoms with van der Waals surface area (Å²) in [7, 11) is 0. The monoisotopic (exact) mass is 352 g/mol. The van der Waals surface area contributed by atoms with Gasteiger partial charge in [-0.2, -0.15) is 0 Å². The summed E-state index contributed by atoms with van der Waals surface area (Å²) in [6.07, 6.45) is 0. The number of nitrogens with one attached hydrogen (secondary N) is 1. The maximum absolute atomic E-state index is 12.8. The summed E-state index contributed by atoms with van der Waals surface area (Å²) in [5, 5.41) is 2.88. The quantitative estimate of drug-likeness (QED) is 0.921. The van der Waals surface area contributed by atoms with E-state index in [-0.39, 0.29) is 17.9 Å². The Hall–Kier alpha value is -2.66. The highest BCUT2D eigenvalue weighted by Gasteiger charge is 2.24. The number of morpholine rings is 1. The Morgan fingerprint density at radius 3 is 2.62 bits per heavy atom. The van der Waals surface area contributed by atoms with Crippen LogP contribution in [0, 0.1) is 13.8 Å². The number of benzene rings is 2. The number of amides is 2. The molecule has 0 radical (unpaired) electrons. The number of hydrogen-bond acceptors (Lipinski definition) is 3. The summed E-state index contributed by atoms with van der Waals surface area (Å²) in [5.41, 5.74) is 4.00. The third-order valence-electron chi connectivity index (χ3n) is 4.76. The molecule has 5 nitrogen and oxygen atoms in total. The molecule has 3 rings (SSSR count). The van der Waals surface area contributed by atoms with E-state index in [0.717, 1.165) is 11.1 Å². The molecule has 2 amide bonds. The fourth-order valence-corrected chi connectivity index (χ4v) is 3.01. The van der Waals surface area contributed by atoms with Crippen LogP contribution in [-0.4, -0.2) is 42.5 Å². The summed E-state index contributed by atoms with van der Waals surface area (Å²) in [4.78, 5) is 27.1. The molecule has 1 unspecified atom stereocenters. The molecule has 1 N–H and O–H groups in total. The average molecular weight is 352 g/mol. The van der Waals surface area contributed by atoms with Gasteiger partial charge in [0, 0.05) is 23.4 Å². The molecule has 1 saturated heterocycles. The first-order valence-corrected chi connectivity index (χ1v) is 8.83. The average Bonchev–Trinajstić information content (AvgIpc) is 2.64. The number of nitrogens with zero attached hydrogens (tertiary/aromatic N) is 1. The van der Waals surface area contributed by atoms with Crippen LogP contribution in [-0.2, 0) is 4.74 Å².